The van der Waals surface area contributed by atoms with Crippen LogP contribution in [-0.4, -0.2) is 20.7 Å². The van der Waals surface area contributed by atoms with Crippen LogP contribution in [0.4, 0.5) is 22.0 Å². The van der Waals surface area contributed by atoms with E-state index in [-0.39, 0.29) is 24.5 Å². The fourth-order valence-corrected chi connectivity index (χ4v) is 4.43. The lowest BCUT2D eigenvalue weighted by atomic mass is 9.77. The summed E-state index contributed by atoms with van der Waals surface area (Å²) in [5, 5.41) is 4.20. The smallest absolute Gasteiger partial charge is 0.267 e. The van der Waals surface area contributed by atoms with Gasteiger partial charge in [0.25, 0.3) is 5.56 Å². The van der Waals surface area contributed by atoms with Gasteiger partial charge in [0.1, 0.15) is 0 Å². The maximum atomic E-state index is 13.4. The summed E-state index contributed by atoms with van der Waals surface area (Å²) in [5.74, 6) is -3.28. The van der Waals surface area contributed by atoms with Gasteiger partial charge < -0.3 is 0 Å². The molecule has 0 bridgehead atoms. The van der Waals surface area contributed by atoms with Crippen LogP contribution in [0.25, 0.3) is 0 Å². The molecule has 2 aromatic heterocycles. The Balaban J connectivity index is 1.74. The first-order valence-corrected chi connectivity index (χ1v) is 10.1. The van der Waals surface area contributed by atoms with Gasteiger partial charge in [-0.2, -0.15) is 18.3 Å². The third kappa shape index (κ3) is 4.25. The second-order valence-corrected chi connectivity index (χ2v) is 8.28. The van der Waals surface area contributed by atoms with Crippen molar-refractivity contribution < 1.29 is 22.0 Å². The van der Waals surface area contributed by atoms with Gasteiger partial charge in [0, 0.05) is 30.5 Å². The molecule has 2 aliphatic rings. The summed E-state index contributed by atoms with van der Waals surface area (Å²) in [4.78, 5) is 16.9. The molecule has 0 saturated heterocycles. The number of nitrogens with zero attached hydrogens (tertiary/aromatic N) is 3. The molecule has 0 radical (unpaired) electrons. The summed E-state index contributed by atoms with van der Waals surface area (Å²) < 4.78 is 67.8. The molecule has 0 unspecified atom stereocenters. The van der Waals surface area contributed by atoms with Gasteiger partial charge >= 0.3 is 6.18 Å². The lowest BCUT2D eigenvalue weighted by Gasteiger charge is -2.35. The van der Waals surface area contributed by atoms with Crippen LogP contribution < -0.4 is 5.56 Å². The lowest BCUT2D eigenvalue weighted by molar-refractivity contribution is -0.138. The summed E-state index contributed by atoms with van der Waals surface area (Å²) in [6.07, 6.45) is 0.484. The molecule has 0 aromatic carbocycles. The van der Waals surface area contributed by atoms with E-state index in [0.29, 0.717) is 11.3 Å². The summed E-state index contributed by atoms with van der Waals surface area (Å²) in [6, 6.07) is 3.70. The molecule has 0 amide bonds. The van der Waals surface area contributed by atoms with Crippen molar-refractivity contribution in [3.63, 3.8) is 0 Å². The van der Waals surface area contributed by atoms with E-state index in [4.69, 9.17) is 0 Å². The molecule has 2 aliphatic carbocycles. The Kier molecular flexibility index (Phi) is 5.40. The Hall–Kier alpha value is -2.32. The predicted molar refractivity (Wildman–Crippen MR) is 99.6 cm³/mol. The number of pyridine rings is 1. The number of alkyl halides is 5. The molecular weight excluding hydrogens is 405 g/mol. The van der Waals surface area contributed by atoms with Gasteiger partial charge in [-0.15, -0.1) is 0 Å². The van der Waals surface area contributed by atoms with Crippen molar-refractivity contribution >= 4 is 0 Å². The molecule has 2 aromatic rings. The first-order valence-electron chi connectivity index (χ1n) is 10.1. The first kappa shape index (κ1) is 20.9. The van der Waals surface area contributed by atoms with Crippen molar-refractivity contribution in [2.45, 2.75) is 75.4 Å². The minimum Gasteiger partial charge on any atom is -0.267 e. The quantitative estimate of drug-likeness (QED) is 0.625. The highest BCUT2D eigenvalue weighted by Crippen LogP contribution is 2.48. The average molecular weight is 427 g/mol. The van der Waals surface area contributed by atoms with Gasteiger partial charge in [0.05, 0.1) is 23.5 Å². The Morgan fingerprint density at radius 3 is 2.43 bits per heavy atom. The molecule has 162 valence electrons. The van der Waals surface area contributed by atoms with Crippen molar-refractivity contribution in [2.75, 3.05) is 0 Å². The van der Waals surface area contributed by atoms with E-state index in [2.05, 4.69) is 10.1 Å². The number of rotatable bonds is 4. The predicted octanol–water partition coefficient (Wildman–Crippen LogP) is 5.27. The number of aromatic nitrogens is 3. The van der Waals surface area contributed by atoms with Crippen LogP contribution in [0.3, 0.4) is 0 Å². The Labute approximate surface area is 170 Å². The van der Waals surface area contributed by atoms with Gasteiger partial charge in [-0.1, -0.05) is 19.3 Å². The summed E-state index contributed by atoms with van der Waals surface area (Å²) in [7, 11) is 0. The van der Waals surface area contributed by atoms with Gasteiger partial charge in [0.2, 0.25) is 5.92 Å². The Morgan fingerprint density at radius 2 is 1.80 bits per heavy atom. The van der Waals surface area contributed by atoms with Crippen LogP contribution in [0.2, 0.25) is 0 Å². The molecule has 0 aliphatic heterocycles. The van der Waals surface area contributed by atoms with Crippen LogP contribution in [0, 0.1) is 0 Å². The largest absolute Gasteiger partial charge is 0.418 e. The minimum atomic E-state index is -4.62. The molecule has 4 nitrogen and oxygen atoms in total. The topological polar surface area (TPSA) is 47.8 Å². The standard InChI is InChI=1S/C21H22F5N3O/c22-20(23)10-14(11-20)17-9-15(13-5-2-1-3-6-13)19(30)29(28-17)12-18-16(21(24,25)26)7-4-8-27-18/h4,7-9,13-14H,1-3,5-6,10-12H2. The summed E-state index contributed by atoms with van der Waals surface area (Å²) in [5.41, 5.74) is -0.885. The Morgan fingerprint density at radius 1 is 1.10 bits per heavy atom. The van der Waals surface area contributed by atoms with Crippen molar-refractivity contribution in [3.8, 4) is 0 Å². The second-order valence-electron chi connectivity index (χ2n) is 8.28. The zero-order valence-electron chi connectivity index (χ0n) is 16.3. The van der Waals surface area contributed by atoms with Crippen LogP contribution in [-0.2, 0) is 12.7 Å². The van der Waals surface area contributed by atoms with Crippen LogP contribution >= 0.6 is 0 Å². The second kappa shape index (κ2) is 7.74. The van der Waals surface area contributed by atoms with Crippen molar-refractivity contribution in [1.82, 2.24) is 14.8 Å². The van der Waals surface area contributed by atoms with E-state index < -0.39 is 35.7 Å². The molecule has 2 heterocycles. The monoisotopic (exact) mass is 427 g/mol. The zero-order valence-corrected chi connectivity index (χ0v) is 16.3. The van der Waals surface area contributed by atoms with Crippen LogP contribution in [0.15, 0.2) is 29.2 Å². The molecular formula is C21H22F5N3O. The molecule has 2 fully saturated rings. The molecule has 4 rings (SSSR count). The van der Waals surface area contributed by atoms with E-state index in [0.717, 1.165) is 42.9 Å². The number of hydrogen-bond acceptors (Lipinski definition) is 3. The van der Waals surface area contributed by atoms with Gasteiger partial charge in [-0.25, -0.2) is 13.5 Å². The first-order chi connectivity index (χ1) is 14.1. The highest BCUT2D eigenvalue weighted by molar-refractivity contribution is 5.26. The highest BCUT2D eigenvalue weighted by atomic mass is 19.4. The lowest BCUT2D eigenvalue weighted by Crippen LogP contribution is -2.37. The highest BCUT2D eigenvalue weighted by Gasteiger charge is 2.47. The molecule has 9 heteroatoms. The summed E-state index contributed by atoms with van der Waals surface area (Å²) in [6.45, 7) is -0.453. The Bertz CT molecular complexity index is 971. The van der Waals surface area contributed by atoms with Crippen molar-refractivity contribution in [3.05, 3.63) is 57.3 Å². The SMILES string of the molecule is O=c1c(C2CCCCC2)cc(C2CC(F)(F)C2)nn1Cc1ncccc1C(F)(F)F. The molecule has 30 heavy (non-hydrogen) atoms. The normalized spacial score (nSPS) is 20.2. The van der Waals surface area contributed by atoms with E-state index in [1.165, 1.54) is 12.3 Å². The fourth-order valence-electron chi connectivity index (χ4n) is 4.43. The number of hydrogen-bond donors (Lipinski definition) is 0. The van der Waals surface area contributed by atoms with E-state index >= 15 is 0 Å². The molecule has 0 spiro atoms. The van der Waals surface area contributed by atoms with E-state index in [1.807, 2.05) is 0 Å². The van der Waals surface area contributed by atoms with E-state index in [1.54, 1.807) is 6.07 Å². The van der Waals surface area contributed by atoms with Crippen molar-refractivity contribution in [1.29, 1.82) is 0 Å². The minimum absolute atomic E-state index is 0.0225. The number of halogens is 5. The van der Waals surface area contributed by atoms with E-state index in [9.17, 15) is 26.7 Å². The van der Waals surface area contributed by atoms with Crippen LogP contribution in [0.1, 0.15) is 79.3 Å². The maximum absolute atomic E-state index is 13.4. The van der Waals surface area contributed by atoms with Gasteiger partial charge in [-0.3, -0.25) is 9.78 Å². The third-order valence-electron chi connectivity index (χ3n) is 6.07. The van der Waals surface area contributed by atoms with Gasteiger partial charge in [0.15, 0.2) is 0 Å². The zero-order chi connectivity index (χ0) is 21.5. The fraction of sp³-hybridized carbons (Fsp3) is 0.571. The average Bonchev–Trinajstić information content (AvgIpc) is 2.68. The third-order valence-corrected chi connectivity index (χ3v) is 6.07. The van der Waals surface area contributed by atoms with Crippen molar-refractivity contribution in [2.24, 2.45) is 0 Å². The molecule has 2 saturated carbocycles. The van der Waals surface area contributed by atoms with Crippen LogP contribution in [0.5, 0.6) is 0 Å². The van der Waals surface area contributed by atoms with Gasteiger partial charge in [-0.05, 0) is 37.0 Å². The molecule has 0 N–H and O–H groups in total. The maximum Gasteiger partial charge on any atom is 0.418 e. The molecule has 0 atom stereocenters. The summed E-state index contributed by atoms with van der Waals surface area (Å²) >= 11 is 0.